The maximum Gasteiger partial charge on any atom is 0.0859 e. The number of aliphatic hydroxyl groups is 1. The molecule has 3 heterocycles. The molecule has 4 unspecified atom stereocenters. The van der Waals surface area contributed by atoms with Crippen molar-refractivity contribution in [3.8, 4) is 0 Å². The fourth-order valence-electron chi connectivity index (χ4n) is 3.51. The van der Waals surface area contributed by atoms with Crippen LogP contribution in [0, 0.1) is 5.92 Å². The lowest BCUT2D eigenvalue weighted by Crippen LogP contribution is -2.23. The van der Waals surface area contributed by atoms with Gasteiger partial charge < -0.3 is 9.84 Å². The van der Waals surface area contributed by atoms with Crippen molar-refractivity contribution in [1.82, 2.24) is 4.98 Å². The van der Waals surface area contributed by atoms with Crippen molar-refractivity contribution < 1.29 is 9.84 Å². The van der Waals surface area contributed by atoms with Crippen molar-refractivity contribution in [1.29, 1.82) is 0 Å². The van der Waals surface area contributed by atoms with E-state index in [9.17, 15) is 5.11 Å². The summed E-state index contributed by atoms with van der Waals surface area (Å²) in [6.07, 6.45) is 5.20. The third-order valence-corrected chi connectivity index (χ3v) is 4.51. The van der Waals surface area contributed by atoms with Gasteiger partial charge in [0.2, 0.25) is 0 Å². The number of nitrogens with zero attached hydrogens (tertiary/aromatic N) is 1. The maximum absolute atomic E-state index is 10.6. The normalized spacial score (nSPS) is 30.9. The number of fused-ring (bicyclic) bond motifs is 3. The van der Waals surface area contributed by atoms with E-state index in [1.54, 1.807) is 6.20 Å². The highest BCUT2D eigenvalue weighted by atomic mass is 16.5. The van der Waals surface area contributed by atoms with Crippen LogP contribution in [0.2, 0.25) is 0 Å². The molecule has 19 heavy (non-hydrogen) atoms. The molecule has 2 aliphatic heterocycles. The summed E-state index contributed by atoms with van der Waals surface area (Å²) < 4.78 is 5.83. The summed E-state index contributed by atoms with van der Waals surface area (Å²) in [5.41, 5.74) is 1.89. The van der Waals surface area contributed by atoms with Crippen molar-refractivity contribution in [3.63, 3.8) is 0 Å². The molecule has 2 bridgehead atoms. The number of ether oxygens (including phenoxy) is 1. The second kappa shape index (κ2) is 4.29. The van der Waals surface area contributed by atoms with Crippen LogP contribution in [-0.4, -0.2) is 22.3 Å². The van der Waals surface area contributed by atoms with E-state index in [2.05, 4.69) is 11.1 Å². The first kappa shape index (κ1) is 11.4. The minimum Gasteiger partial charge on any atom is -0.388 e. The molecule has 2 saturated heterocycles. The Balaban J connectivity index is 1.66. The highest BCUT2D eigenvalue weighted by Crippen LogP contribution is 2.44. The minimum absolute atomic E-state index is 0.238. The molecule has 0 aliphatic carbocycles. The maximum atomic E-state index is 10.6. The van der Waals surface area contributed by atoms with Gasteiger partial charge in [0.1, 0.15) is 0 Å². The number of aliphatic hydroxyl groups excluding tert-OH is 1. The number of hydrogen-bond donors (Lipinski definition) is 1. The molecule has 0 saturated carbocycles. The van der Waals surface area contributed by atoms with Gasteiger partial charge in [0.05, 0.1) is 23.8 Å². The Labute approximate surface area is 112 Å². The van der Waals surface area contributed by atoms with E-state index in [-0.39, 0.29) is 12.0 Å². The van der Waals surface area contributed by atoms with Crippen molar-refractivity contribution in [2.75, 3.05) is 0 Å². The molecular weight excluding hydrogens is 238 g/mol. The van der Waals surface area contributed by atoms with Gasteiger partial charge in [-0.1, -0.05) is 18.2 Å². The van der Waals surface area contributed by atoms with E-state index in [1.807, 2.05) is 24.3 Å². The highest BCUT2D eigenvalue weighted by molar-refractivity contribution is 5.78. The van der Waals surface area contributed by atoms with Gasteiger partial charge in [-0.2, -0.15) is 0 Å². The molecule has 98 valence electrons. The van der Waals surface area contributed by atoms with Crippen molar-refractivity contribution in [2.45, 2.75) is 37.6 Å². The van der Waals surface area contributed by atoms with E-state index >= 15 is 0 Å². The SMILES string of the molecule is OC(c1cnc2ccccc2c1)C1CC2CCC1O2. The Hall–Kier alpha value is -1.45. The van der Waals surface area contributed by atoms with Gasteiger partial charge in [-0.15, -0.1) is 0 Å². The Morgan fingerprint density at radius 2 is 2.16 bits per heavy atom. The van der Waals surface area contributed by atoms with Crippen LogP contribution >= 0.6 is 0 Å². The lowest BCUT2D eigenvalue weighted by atomic mass is 9.83. The fraction of sp³-hybridized carbons (Fsp3) is 0.438. The zero-order chi connectivity index (χ0) is 12.8. The number of aromatic nitrogens is 1. The van der Waals surface area contributed by atoms with Crippen LogP contribution in [0.25, 0.3) is 10.9 Å². The summed E-state index contributed by atoms with van der Waals surface area (Å²) >= 11 is 0. The van der Waals surface area contributed by atoms with Crippen LogP contribution in [-0.2, 0) is 4.74 Å². The summed E-state index contributed by atoms with van der Waals surface area (Å²) in [4.78, 5) is 4.43. The van der Waals surface area contributed by atoms with Crippen molar-refractivity contribution >= 4 is 10.9 Å². The summed E-state index contributed by atoms with van der Waals surface area (Å²) in [6.45, 7) is 0. The first-order chi connectivity index (χ1) is 9.31. The minimum atomic E-state index is -0.451. The largest absolute Gasteiger partial charge is 0.388 e. The second-order valence-corrected chi connectivity index (χ2v) is 5.68. The molecule has 0 amide bonds. The number of para-hydroxylation sites is 1. The lowest BCUT2D eigenvalue weighted by molar-refractivity contribution is 0.0422. The molecule has 3 heteroatoms. The number of benzene rings is 1. The number of pyridine rings is 1. The van der Waals surface area contributed by atoms with Crippen LogP contribution in [0.15, 0.2) is 36.5 Å². The molecule has 1 N–H and O–H groups in total. The van der Waals surface area contributed by atoms with E-state index < -0.39 is 6.10 Å². The standard InChI is InChI=1S/C16H17NO2/c18-16(13-8-12-5-6-15(13)19-12)11-7-10-3-1-2-4-14(10)17-9-11/h1-4,7,9,12-13,15-16,18H,5-6,8H2. The smallest absolute Gasteiger partial charge is 0.0859 e. The topological polar surface area (TPSA) is 42.4 Å². The highest BCUT2D eigenvalue weighted by Gasteiger charge is 2.44. The number of rotatable bonds is 2. The van der Waals surface area contributed by atoms with Gasteiger partial charge >= 0.3 is 0 Å². The summed E-state index contributed by atoms with van der Waals surface area (Å²) in [6, 6.07) is 10.1. The van der Waals surface area contributed by atoms with Gasteiger partial charge in [-0.25, -0.2) is 0 Å². The molecule has 0 spiro atoms. The van der Waals surface area contributed by atoms with E-state index in [0.29, 0.717) is 6.10 Å². The summed E-state index contributed by atoms with van der Waals surface area (Å²) in [5.74, 6) is 0.238. The Bertz CT molecular complexity index is 612. The van der Waals surface area contributed by atoms with E-state index in [0.717, 1.165) is 35.7 Å². The molecule has 1 aromatic heterocycles. The fourth-order valence-corrected chi connectivity index (χ4v) is 3.51. The molecule has 2 fully saturated rings. The van der Waals surface area contributed by atoms with Crippen molar-refractivity contribution in [3.05, 3.63) is 42.1 Å². The molecule has 0 radical (unpaired) electrons. The zero-order valence-corrected chi connectivity index (χ0v) is 10.7. The Kier molecular flexibility index (Phi) is 2.57. The average molecular weight is 255 g/mol. The lowest BCUT2D eigenvalue weighted by Gasteiger charge is -2.24. The van der Waals surface area contributed by atoms with E-state index in [4.69, 9.17) is 4.74 Å². The average Bonchev–Trinajstić information content (AvgIpc) is 3.08. The Morgan fingerprint density at radius 3 is 2.95 bits per heavy atom. The molecule has 2 aromatic rings. The van der Waals surface area contributed by atoms with Gasteiger partial charge in [0, 0.05) is 17.5 Å². The zero-order valence-electron chi connectivity index (χ0n) is 10.7. The van der Waals surface area contributed by atoms with Crippen LogP contribution in [0.4, 0.5) is 0 Å². The first-order valence-electron chi connectivity index (χ1n) is 6.99. The summed E-state index contributed by atoms with van der Waals surface area (Å²) in [5, 5.41) is 11.7. The van der Waals surface area contributed by atoms with Gasteiger partial charge in [-0.3, -0.25) is 4.98 Å². The first-order valence-corrected chi connectivity index (χ1v) is 6.99. The van der Waals surface area contributed by atoms with Crippen LogP contribution < -0.4 is 0 Å². The molecule has 4 rings (SSSR count). The number of hydrogen-bond acceptors (Lipinski definition) is 3. The van der Waals surface area contributed by atoms with Gasteiger partial charge in [0.25, 0.3) is 0 Å². The third-order valence-electron chi connectivity index (χ3n) is 4.51. The van der Waals surface area contributed by atoms with Gasteiger partial charge in [0.15, 0.2) is 0 Å². The Morgan fingerprint density at radius 1 is 1.26 bits per heavy atom. The quantitative estimate of drug-likeness (QED) is 0.897. The van der Waals surface area contributed by atoms with Crippen molar-refractivity contribution in [2.24, 2.45) is 5.92 Å². The summed E-state index contributed by atoms with van der Waals surface area (Å²) in [7, 11) is 0. The molecule has 3 nitrogen and oxygen atoms in total. The van der Waals surface area contributed by atoms with Crippen LogP contribution in [0.5, 0.6) is 0 Å². The molecule has 1 aromatic carbocycles. The predicted octanol–water partition coefficient (Wildman–Crippen LogP) is 2.84. The van der Waals surface area contributed by atoms with Crippen LogP contribution in [0.3, 0.4) is 0 Å². The second-order valence-electron chi connectivity index (χ2n) is 5.68. The predicted molar refractivity (Wildman–Crippen MR) is 72.7 cm³/mol. The molecule has 4 atom stereocenters. The monoisotopic (exact) mass is 255 g/mol. The van der Waals surface area contributed by atoms with Gasteiger partial charge in [-0.05, 0) is 37.0 Å². The molecule has 2 aliphatic rings. The van der Waals surface area contributed by atoms with E-state index in [1.165, 1.54) is 0 Å². The molecular formula is C16H17NO2. The third kappa shape index (κ3) is 1.85. The van der Waals surface area contributed by atoms with Crippen LogP contribution in [0.1, 0.15) is 30.9 Å².